The maximum Gasteiger partial charge on any atom is 0.232 e. The van der Waals surface area contributed by atoms with Crippen molar-refractivity contribution >= 4 is 23.3 Å². The Kier molecular flexibility index (Phi) is 4.37. The number of nitrogens with zero attached hydrogens (tertiary/aromatic N) is 1. The highest BCUT2D eigenvalue weighted by Crippen LogP contribution is 2.25. The molecule has 1 aromatic heterocycles. The molecule has 0 saturated heterocycles. The minimum Gasteiger partial charge on any atom is -0.359 e. The van der Waals surface area contributed by atoms with Crippen LogP contribution < -0.4 is 5.32 Å². The van der Waals surface area contributed by atoms with Crippen LogP contribution in [0.4, 0.5) is 5.82 Å². The Hall–Kier alpha value is -1.81. The standard InChI is InChI=1S/C16H19ClN2O2/c1-10(11-5-7-12(17)8-6-11)15(20)18-14-9-13(21-19-14)16(2,3)4/h5-10H,1-4H3,(H,18,19,20). The fraction of sp³-hybridized carbons (Fsp3) is 0.375. The van der Waals surface area contributed by atoms with Gasteiger partial charge in [-0.1, -0.05) is 49.7 Å². The number of carbonyl (C=O) groups is 1. The highest BCUT2D eigenvalue weighted by molar-refractivity contribution is 6.30. The average Bonchev–Trinajstić information content (AvgIpc) is 2.87. The van der Waals surface area contributed by atoms with E-state index in [2.05, 4.69) is 10.5 Å². The Morgan fingerprint density at radius 2 is 1.90 bits per heavy atom. The lowest BCUT2D eigenvalue weighted by atomic mass is 9.93. The van der Waals surface area contributed by atoms with Gasteiger partial charge in [-0.25, -0.2) is 0 Å². The number of hydrogen-bond donors (Lipinski definition) is 1. The van der Waals surface area contributed by atoms with Gasteiger partial charge in [-0.3, -0.25) is 4.79 Å². The molecule has 21 heavy (non-hydrogen) atoms. The van der Waals surface area contributed by atoms with Gasteiger partial charge in [0, 0.05) is 16.5 Å². The summed E-state index contributed by atoms with van der Waals surface area (Å²) in [4.78, 5) is 12.2. The van der Waals surface area contributed by atoms with Gasteiger partial charge in [-0.2, -0.15) is 0 Å². The quantitative estimate of drug-likeness (QED) is 0.916. The lowest BCUT2D eigenvalue weighted by Crippen LogP contribution is -2.19. The van der Waals surface area contributed by atoms with Crippen LogP contribution in [0.25, 0.3) is 0 Å². The van der Waals surface area contributed by atoms with E-state index in [0.717, 1.165) is 11.3 Å². The molecule has 1 amide bonds. The van der Waals surface area contributed by atoms with E-state index in [-0.39, 0.29) is 17.2 Å². The summed E-state index contributed by atoms with van der Waals surface area (Å²) < 4.78 is 5.25. The van der Waals surface area contributed by atoms with Crippen LogP contribution >= 0.6 is 11.6 Å². The van der Waals surface area contributed by atoms with Crippen molar-refractivity contribution in [1.29, 1.82) is 0 Å². The molecule has 0 saturated carbocycles. The van der Waals surface area contributed by atoms with Crippen LogP contribution in [0.3, 0.4) is 0 Å². The Bertz CT molecular complexity index is 626. The summed E-state index contributed by atoms with van der Waals surface area (Å²) in [5.41, 5.74) is 0.758. The van der Waals surface area contributed by atoms with Crippen LogP contribution in [-0.2, 0) is 10.2 Å². The maximum atomic E-state index is 12.2. The summed E-state index contributed by atoms with van der Waals surface area (Å²) in [6.07, 6.45) is 0. The first-order valence-corrected chi connectivity index (χ1v) is 7.18. The molecule has 4 nitrogen and oxygen atoms in total. The highest BCUT2D eigenvalue weighted by Gasteiger charge is 2.22. The zero-order valence-corrected chi connectivity index (χ0v) is 13.4. The van der Waals surface area contributed by atoms with Crippen molar-refractivity contribution in [1.82, 2.24) is 5.16 Å². The number of rotatable bonds is 3. The smallest absolute Gasteiger partial charge is 0.232 e. The summed E-state index contributed by atoms with van der Waals surface area (Å²) in [5, 5.41) is 7.31. The Morgan fingerprint density at radius 3 is 2.43 bits per heavy atom. The Labute approximate surface area is 129 Å². The fourth-order valence-electron chi connectivity index (χ4n) is 1.82. The molecule has 2 rings (SSSR count). The maximum absolute atomic E-state index is 12.2. The summed E-state index contributed by atoms with van der Waals surface area (Å²) in [7, 11) is 0. The normalized spacial score (nSPS) is 13.0. The monoisotopic (exact) mass is 306 g/mol. The van der Waals surface area contributed by atoms with E-state index in [0.29, 0.717) is 10.8 Å². The van der Waals surface area contributed by atoms with Crippen LogP contribution in [0.15, 0.2) is 34.9 Å². The predicted molar refractivity (Wildman–Crippen MR) is 83.7 cm³/mol. The van der Waals surface area contributed by atoms with Crippen molar-refractivity contribution in [3.05, 3.63) is 46.7 Å². The molecule has 0 aliphatic rings. The first kappa shape index (κ1) is 15.6. The molecule has 2 aromatic rings. The Balaban J connectivity index is 2.07. The topological polar surface area (TPSA) is 55.1 Å². The molecule has 0 aliphatic heterocycles. The molecule has 1 unspecified atom stereocenters. The molecule has 1 N–H and O–H groups in total. The van der Waals surface area contributed by atoms with Crippen molar-refractivity contribution in [3.8, 4) is 0 Å². The summed E-state index contributed by atoms with van der Waals surface area (Å²) in [6, 6.07) is 8.99. The molecule has 5 heteroatoms. The van der Waals surface area contributed by atoms with E-state index in [4.69, 9.17) is 16.1 Å². The van der Waals surface area contributed by atoms with E-state index in [1.54, 1.807) is 18.2 Å². The van der Waals surface area contributed by atoms with E-state index < -0.39 is 0 Å². The number of anilines is 1. The molecular formula is C16H19ClN2O2. The summed E-state index contributed by atoms with van der Waals surface area (Å²) in [6.45, 7) is 7.91. The molecule has 1 aromatic carbocycles. The first-order valence-electron chi connectivity index (χ1n) is 6.81. The van der Waals surface area contributed by atoms with E-state index >= 15 is 0 Å². The van der Waals surface area contributed by atoms with E-state index in [9.17, 15) is 4.79 Å². The van der Waals surface area contributed by atoms with E-state index in [1.807, 2.05) is 39.8 Å². The van der Waals surface area contributed by atoms with Gasteiger partial charge in [-0.15, -0.1) is 0 Å². The SMILES string of the molecule is CC(C(=O)Nc1cc(C(C)(C)C)on1)c1ccc(Cl)cc1. The number of aromatic nitrogens is 1. The zero-order valence-electron chi connectivity index (χ0n) is 12.6. The van der Waals surface area contributed by atoms with Crippen molar-refractivity contribution in [2.45, 2.75) is 39.0 Å². The van der Waals surface area contributed by atoms with Crippen molar-refractivity contribution in [3.63, 3.8) is 0 Å². The van der Waals surface area contributed by atoms with Gasteiger partial charge in [0.15, 0.2) is 5.82 Å². The number of nitrogens with one attached hydrogen (secondary N) is 1. The van der Waals surface area contributed by atoms with Crippen molar-refractivity contribution in [2.75, 3.05) is 5.32 Å². The third-order valence-corrected chi connectivity index (χ3v) is 3.52. The number of carbonyl (C=O) groups excluding carboxylic acids is 1. The Morgan fingerprint density at radius 1 is 1.29 bits per heavy atom. The van der Waals surface area contributed by atoms with Gasteiger partial charge in [0.1, 0.15) is 5.76 Å². The minimum absolute atomic E-state index is 0.133. The van der Waals surface area contributed by atoms with Gasteiger partial charge in [0.25, 0.3) is 0 Å². The van der Waals surface area contributed by atoms with Crippen LogP contribution in [0, 0.1) is 0 Å². The summed E-state index contributed by atoms with van der Waals surface area (Å²) >= 11 is 5.85. The number of halogens is 1. The van der Waals surface area contributed by atoms with Gasteiger partial charge in [0.2, 0.25) is 5.91 Å². The minimum atomic E-state index is -0.294. The molecular weight excluding hydrogens is 288 g/mol. The molecule has 1 atom stereocenters. The van der Waals surface area contributed by atoms with E-state index in [1.165, 1.54) is 0 Å². The van der Waals surface area contributed by atoms with Crippen LogP contribution in [0.1, 0.15) is 44.9 Å². The third kappa shape index (κ3) is 3.85. The molecule has 112 valence electrons. The number of amides is 1. The summed E-state index contributed by atoms with van der Waals surface area (Å²) in [5.74, 6) is 0.741. The average molecular weight is 307 g/mol. The molecule has 0 bridgehead atoms. The lowest BCUT2D eigenvalue weighted by molar-refractivity contribution is -0.117. The zero-order chi connectivity index (χ0) is 15.6. The van der Waals surface area contributed by atoms with Crippen molar-refractivity contribution < 1.29 is 9.32 Å². The van der Waals surface area contributed by atoms with Crippen LogP contribution in [0.2, 0.25) is 5.02 Å². The van der Waals surface area contributed by atoms with Gasteiger partial charge in [-0.05, 0) is 24.6 Å². The van der Waals surface area contributed by atoms with Crippen LogP contribution in [0.5, 0.6) is 0 Å². The molecule has 0 aliphatic carbocycles. The van der Waals surface area contributed by atoms with Gasteiger partial charge < -0.3 is 9.84 Å². The fourth-order valence-corrected chi connectivity index (χ4v) is 1.95. The van der Waals surface area contributed by atoms with Gasteiger partial charge >= 0.3 is 0 Å². The second-order valence-corrected chi connectivity index (χ2v) is 6.53. The first-order chi connectivity index (χ1) is 9.77. The molecule has 0 spiro atoms. The second kappa shape index (κ2) is 5.90. The highest BCUT2D eigenvalue weighted by atomic mass is 35.5. The van der Waals surface area contributed by atoms with Crippen molar-refractivity contribution in [2.24, 2.45) is 0 Å². The van der Waals surface area contributed by atoms with Crippen LogP contribution in [-0.4, -0.2) is 11.1 Å². The lowest BCUT2D eigenvalue weighted by Gasteiger charge is -2.12. The van der Waals surface area contributed by atoms with Gasteiger partial charge in [0.05, 0.1) is 5.92 Å². The molecule has 0 radical (unpaired) electrons. The second-order valence-electron chi connectivity index (χ2n) is 6.09. The molecule has 0 fully saturated rings. The largest absolute Gasteiger partial charge is 0.359 e. The number of hydrogen-bond acceptors (Lipinski definition) is 3. The third-order valence-electron chi connectivity index (χ3n) is 3.26. The molecule has 1 heterocycles. The predicted octanol–water partition coefficient (Wildman–Crippen LogP) is 4.37. The number of benzene rings is 1.